The van der Waals surface area contributed by atoms with Crippen LogP contribution in [0, 0.1) is 5.41 Å². The van der Waals surface area contributed by atoms with E-state index in [0.717, 1.165) is 37.2 Å². The Morgan fingerprint density at radius 3 is 2.75 bits per heavy atom. The van der Waals surface area contributed by atoms with Gasteiger partial charge in [-0.2, -0.15) is 0 Å². The van der Waals surface area contributed by atoms with Gasteiger partial charge in [0.1, 0.15) is 5.69 Å². The summed E-state index contributed by atoms with van der Waals surface area (Å²) in [6.45, 7) is 3.23. The first-order valence-electron chi connectivity index (χ1n) is 7.60. The van der Waals surface area contributed by atoms with E-state index in [1.165, 1.54) is 25.8 Å². The standard InChI is InChI=1S/C16H20N2O2/c19-15(20)14-8-11(7-13(17-14)12-1-2-12)9-18-6-5-16(10-18)3-4-16/h7-8,12H,1-6,9-10H2,(H,19,20). The molecule has 2 aliphatic carbocycles. The van der Waals surface area contributed by atoms with Crippen LogP contribution >= 0.6 is 0 Å². The molecule has 2 heterocycles. The van der Waals surface area contributed by atoms with Crippen molar-refractivity contribution in [3.63, 3.8) is 0 Å². The average Bonchev–Trinajstić information content (AvgIpc) is 3.30. The molecule has 4 rings (SSSR count). The fraction of sp³-hybridized carbons (Fsp3) is 0.625. The molecule has 1 aliphatic heterocycles. The Balaban J connectivity index is 1.55. The Morgan fingerprint density at radius 1 is 1.35 bits per heavy atom. The van der Waals surface area contributed by atoms with Gasteiger partial charge >= 0.3 is 5.97 Å². The topological polar surface area (TPSA) is 53.4 Å². The highest BCUT2D eigenvalue weighted by atomic mass is 16.4. The smallest absolute Gasteiger partial charge is 0.354 e. The maximum atomic E-state index is 11.2. The molecule has 2 saturated carbocycles. The third-order valence-electron chi connectivity index (χ3n) is 5.00. The maximum Gasteiger partial charge on any atom is 0.354 e. The van der Waals surface area contributed by atoms with E-state index in [4.69, 9.17) is 0 Å². The van der Waals surface area contributed by atoms with Crippen molar-refractivity contribution < 1.29 is 9.90 Å². The normalized spacial score (nSPS) is 24.2. The highest BCUT2D eigenvalue weighted by molar-refractivity contribution is 5.85. The highest BCUT2D eigenvalue weighted by Gasteiger charge is 2.47. The minimum atomic E-state index is -0.908. The van der Waals surface area contributed by atoms with Crippen LogP contribution in [-0.4, -0.2) is 34.0 Å². The van der Waals surface area contributed by atoms with Crippen molar-refractivity contribution in [3.8, 4) is 0 Å². The molecule has 1 N–H and O–H groups in total. The van der Waals surface area contributed by atoms with Gasteiger partial charge in [-0.05, 0) is 61.8 Å². The molecule has 1 spiro atoms. The third kappa shape index (κ3) is 2.33. The number of pyridine rings is 1. The van der Waals surface area contributed by atoms with Gasteiger partial charge in [-0.15, -0.1) is 0 Å². The van der Waals surface area contributed by atoms with Gasteiger partial charge in [0.15, 0.2) is 0 Å². The summed E-state index contributed by atoms with van der Waals surface area (Å²) >= 11 is 0. The van der Waals surface area contributed by atoms with Gasteiger partial charge in [0.05, 0.1) is 0 Å². The molecular formula is C16H20N2O2. The second-order valence-corrected chi connectivity index (χ2v) is 6.83. The van der Waals surface area contributed by atoms with Crippen LogP contribution in [-0.2, 0) is 6.54 Å². The number of likely N-dealkylation sites (tertiary alicyclic amines) is 1. The van der Waals surface area contributed by atoms with E-state index < -0.39 is 5.97 Å². The molecule has 106 valence electrons. The average molecular weight is 272 g/mol. The number of aromatic nitrogens is 1. The molecule has 0 unspecified atom stereocenters. The quantitative estimate of drug-likeness (QED) is 0.915. The molecule has 0 radical (unpaired) electrons. The maximum absolute atomic E-state index is 11.2. The Labute approximate surface area is 118 Å². The molecule has 0 aromatic carbocycles. The minimum absolute atomic E-state index is 0.213. The van der Waals surface area contributed by atoms with E-state index in [-0.39, 0.29) is 5.69 Å². The van der Waals surface area contributed by atoms with Crippen molar-refractivity contribution in [1.82, 2.24) is 9.88 Å². The van der Waals surface area contributed by atoms with Crippen molar-refractivity contribution >= 4 is 5.97 Å². The number of nitrogens with zero attached hydrogens (tertiary/aromatic N) is 2. The van der Waals surface area contributed by atoms with Crippen LogP contribution in [0.4, 0.5) is 0 Å². The van der Waals surface area contributed by atoms with Gasteiger partial charge in [-0.1, -0.05) is 0 Å². The molecule has 0 bridgehead atoms. The predicted molar refractivity (Wildman–Crippen MR) is 74.7 cm³/mol. The van der Waals surface area contributed by atoms with Crippen molar-refractivity contribution in [2.75, 3.05) is 13.1 Å². The van der Waals surface area contributed by atoms with Crippen LogP contribution < -0.4 is 0 Å². The summed E-state index contributed by atoms with van der Waals surface area (Å²) in [7, 11) is 0. The number of carboxylic acids is 1. The second-order valence-electron chi connectivity index (χ2n) is 6.83. The Kier molecular flexibility index (Phi) is 2.64. The largest absolute Gasteiger partial charge is 0.477 e. The van der Waals surface area contributed by atoms with Crippen LogP contribution in [0.25, 0.3) is 0 Å². The summed E-state index contributed by atoms with van der Waals surface area (Å²) in [6.07, 6.45) is 6.39. The van der Waals surface area contributed by atoms with Crippen molar-refractivity contribution in [1.29, 1.82) is 0 Å². The van der Waals surface area contributed by atoms with E-state index in [2.05, 4.69) is 16.0 Å². The first-order chi connectivity index (χ1) is 9.63. The van der Waals surface area contributed by atoms with Crippen molar-refractivity contribution in [2.45, 2.75) is 44.6 Å². The monoisotopic (exact) mass is 272 g/mol. The van der Waals surface area contributed by atoms with Gasteiger partial charge < -0.3 is 5.11 Å². The Hall–Kier alpha value is -1.42. The van der Waals surface area contributed by atoms with E-state index >= 15 is 0 Å². The Morgan fingerprint density at radius 2 is 2.15 bits per heavy atom. The van der Waals surface area contributed by atoms with Gasteiger partial charge in [0.2, 0.25) is 0 Å². The fourth-order valence-corrected chi connectivity index (χ4v) is 3.41. The lowest BCUT2D eigenvalue weighted by molar-refractivity contribution is 0.0690. The molecule has 4 heteroatoms. The number of aromatic carboxylic acids is 1. The summed E-state index contributed by atoms with van der Waals surface area (Å²) in [5.74, 6) is -0.407. The summed E-state index contributed by atoms with van der Waals surface area (Å²) in [5, 5.41) is 9.21. The zero-order valence-corrected chi connectivity index (χ0v) is 11.6. The minimum Gasteiger partial charge on any atom is -0.477 e. The number of hydrogen-bond acceptors (Lipinski definition) is 3. The predicted octanol–water partition coefficient (Wildman–Crippen LogP) is 2.64. The molecule has 1 saturated heterocycles. The number of hydrogen-bond donors (Lipinski definition) is 1. The molecule has 0 atom stereocenters. The van der Waals surface area contributed by atoms with Crippen LogP contribution in [0.2, 0.25) is 0 Å². The van der Waals surface area contributed by atoms with Crippen LogP contribution in [0.5, 0.6) is 0 Å². The molecule has 1 aromatic rings. The fourth-order valence-electron chi connectivity index (χ4n) is 3.41. The first kappa shape index (κ1) is 12.3. The van der Waals surface area contributed by atoms with Crippen molar-refractivity contribution in [2.24, 2.45) is 5.41 Å². The summed E-state index contributed by atoms with van der Waals surface area (Å²) in [6, 6.07) is 3.88. The van der Waals surface area contributed by atoms with Gasteiger partial charge in [0, 0.05) is 24.7 Å². The van der Waals surface area contributed by atoms with E-state index in [0.29, 0.717) is 11.3 Å². The molecule has 0 amide bonds. The zero-order valence-electron chi connectivity index (χ0n) is 11.6. The SMILES string of the molecule is O=C(O)c1cc(CN2CCC3(CC3)C2)cc(C2CC2)n1. The first-order valence-corrected chi connectivity index (χ1v) is 7.60. The van der Waals surface area contributed by atoms with Gasteiger partial charge in [-0.3, -0.25) is 4.90 Å². The van der Waals surface area contributed by atoms with E-state index in [1.807, 2.05) is 0 Å². The zero-order chi connectivity index (χ0) is 13.7. The molecule has 20 heavy (non-hydrogen) atoms. The van der Waals surface area contributed by atoms with Crippen LogP contribution in [0.1, 0.15) is 59.8 Å². The highest BCUT2D eigenvalue weighted by Crippen LogP contribution is 2.52. The van der Waals surface area contributed by atoms with Crippen molar-refractivity contribution in [3.05, 3.63) is 29.1 Å². The van der Waals surface area contributed by atoms with Gasteiger partial charge in [-0.25, -0.2) is 9.78 Å². The second kappa shape index (κ2) is 4.29. The number of rotatable bonds is 4. The third-order valence-corrected chi connectivity index (χ3v) is 5.00. The number of carbonyl (C=O) groups is 1. The van der Waals surface area contributed by atoms with Crippen LogP contribution in [0.3, 0.4) is 0 Å². The van der Waals surface area contributed by atoms with Crippen LogP contribution in [0.15, 0.2) is 12.1 Å². The van der Waals surface area contributed by atoms with Gasteiger partial charge in [0.25, 0.3) is 0 Å². The molecular weight excluding hydrogens is 252 g/mol. The molecule has 4 nitrogen and oxygen atoms in total. The lowest BCUT2D eigenvalue weighted by Crippen LogP contribution is -2.21. The van der Waals surface area contributed by atoms with E-state index in [9.17, 15) is 9.90 Å². The summed E-state index contributed by atoms with van der Waals surface area (Å²) in [5.41, 5.74) is 2.95. The lowest BCUT2D eigenvalue weighted by Gasteiger charge is -2.16. The van der Waals surface area contributed by atoms with E-state index in [1.54, 1.807) is 6.07 Å². The number of carboxylic acid groups (broad SMARTS) is 1. The molecule has 3 aliphatic rings. The lowest BCUT2D eigenvalue weighted by atomic mass is 10.1. The summed E-state index contributed by atoms with van der Waals surface area (Å²) < 4.78 is 0. The summed E-state index contributed by atoms with van der Waals surface area (Å²) in [4.78, 5) is 18.0. The Bertz CT molecular complexity index is 562. The molecule has 3 fully saturated rings. The molecule has 1 aromatic heterocycles.